The lowest BCUT2D eigenvalue weighted by atomic mass is 10.1. The maximum absolute atomic E-state index is 9.76. The van der Waals surface area contributed by atoms with Crippen molar-refractivity contribution in [2.75, 3.05) is 0 Å². The van der Waals surface area contributed by atoms with Crippen molar-refractivity contribution in [2.24, 2.45) is 0 Å². The van der Waals surface area contributed by atoms with Crippen molar-refractivity contribution in [2.45, 2.75) is 19.8 Å². The van der Waals surface area contributed by atoms with Crippen LogP contribution in [0, 0.1) is 0 Å². The Hall–Kier alpha value is -1.28. The number of hydrogen-bond donors (Lipinski definition) is 1. The summed E-state index contributed by atoms with van der Waals surface area (Å²) in [6.45, 7) is 3.98. The number of pyridine rings is 1. The summed E-state index contributed by atoms with van der Waals surface area (Å²) in [4.78, 5) is 4.39. The Morgan fingerprint density at radius 1 is 1.33 bits per heavy atom. The highest BCUT2D eigenvalue weighted by Gasteiger charge is 2.10. The number of para-hydroxylation sites is 1. The molecule has 0 saturated carbocycles. The second kappa shape index (κ2) is 3.70. The summed E-state index contributed by atoms with van der Waals surface area (Å²) >= 11 is 6.04. The van der Waals surface area contributed by atoms with Gasteiger partial charge >= 0.3 is 0 Å². The van der Waals surface area contributed by atoms with Crippen molar-refractivity contribution in [3.05, 3.63) is 35.0 Å². The van der Waals surface area contributed by atoms with E-state index in [1.54, 1.807) is 12.1 Å². The Bertz CT molecular complexity index is 508. The molecule has 78 valence electrons. The molecule has 0 fully saturated rings. The molecule has 2 nitrogen and oxygen atoms in total. The van der Waals surface area contributed by atoms with Gasteiger partial charge in [-0.2, -0.15) is 0 Å². The number of aromatic hydroxyl groups is 1. The Kier molecular flexibility index (Phi) is 2.53. The molecule has 1 aromatic heterocycles. The van der Waals surface area contributed by atoms with Gasteiger partial charge in [0.05, 0.1) is 16.2 Å². The molecule has 0 aliphatic heterocycles. The highest BCUT2D eigenvalue weighted by molar-refractivity contribution is 6.35. The average molecular weight is 222 g/mol. The SMILES string of the molecule is CC(C)c1nc2c(Cl)cccc2cc1O. The third kappa shape index (κ3) is 1.77. The molecule has 15 heavy (non-hydrogen) atoms. The first kappa shape index (κ1) is 10.2. The molecule has 0 saturated heterocycles. The molecule has 0 spiro atoms. The van der Waals surface area contributed by atoms with Gasteiger partial charge in [-0.25, -0.2) is 4.98 Å². The monoisotopic (exact) mass is 221 g/mol. The van der Waals surface area contributed by atoms with Crippen LogP contribution in [0.3, 0.4) is 0 Å². The van der Waals surface area contributed by atoms with Crippen molar-refractivity contribution in [3.63, 3.8) is 0 Å². The van der Waals surface area contributed by atoms with Gasteiger partial charge in [-0.05, 0) is 18.1 Å². The van der Waals surface area contributed by atoms with Crippen molar-refractivity contribution in [1.29, 1.82) is 0 Å². The lowest BCUT2D eigenvalue weighted by Gasteiger charge is -2.09. The van der Waals surface area contributed by atoms with Gasteiger partial charge in [-0.1, -0.05) is 37.6 Å². The largest absolute Gasteiger partial charge is 0.506 e. The first-order valence-corrected chi connectivity index (χ1v) is 5.25. The van der Waals surface area contributed by atoms with Gasteiger partial charge in [0.25, 0.3) is 0 Å². The summed E-state index contributed by atoms with van der Waals surface area (Å²) in [6, 6.07) is 7.25. The van der Waals surface area contributed by atoms with E-state index in [2.05, 4.69) is 4.98 Å². The van der Waals surface area contributed by atoms with Gasteiger partial charge in [0.15, 0.2) is 0 Å². The minimum Gasteiger partial charge on any atom is -0.506 e. The van der Waals surface area contributed by atoms with Crippen LogP contribution in [-0.4, -0.2) is 10.1 Å². The molecule has 1 heterocycles. The van der Waals surface area contributed by atoms with E-state index in [4.69, 9.17) is 11.6 Å². The number of benzene rings is 1. The topological polar surface area (TPSA) is 33.1 Å². The number of halogens is 1. The number of fused-ring (bicyclic) bond motifs is 1. The van der Waals surface area contributed by atoms with Gasteiger partial charge in [-0.3, -0.25) is 0 Å². The summed E-state index contributed by atoms with van der Waals surface area (Å²) in [5.74, 6) is 0.422. The zero-order chi connectivity index (χ0) is 11.0. The van der Waals surface area contributed by atoms with Gasteiger partial charge in [-0.15, -0.1) is 0 Å². The van der Waals surface area contributed by atoms with E-state index in [9.17, 15) is 5.11 Å². The molecule has 0 radical (unpaired) electrons. The molecule has 0 atom stereocenters. The van der Waals surface area contributed by atoms with Crippen LogP contribution in [0.1, 0.15) is 25.5 Å². The third-order valence-corrected chi connectivity index (χ3v) is 2.66. The van der Waals surface area contributed by atoms with E-state index >= 15 is 0 Å². The Labute approximate surface area is 93.5 Å². The molecule has 2 rings (SSSR count). The summed E-state index contributed by atoms with van der Waals surface area (Å²) < 4.78 is 0. The number of aromatic nitrogens is 1. The summed E-state index contributed by atoms with van der Waals surface area (Å²) in [7, 11) is 0. The Balaban J connectivity index is 2.78. The summed E-state index contributed by atoms with van der Waals surface area (Å²) in [6.07, 6.45) is 0. The smallest absolute Gasteiger partial charge is 0.137 e. The van der Waals surface area contributed by atoms with Crippen LogP contribution in [0.2, 0.25) is 5.02 Å². The zero-order valence-electron chi connectivity index (χ0n) is 8.66. The quantitative estimate of drug-likeness (QED) is 0.796. The predicted octanol–water partition coefficient (Wildman–Crippen LogP) is 3.72. The lowest BCUT2D eigenvalue weighted by Crippen LogP contribution is -1.94. The summed E-state index contributed by atoms with van der Waals surface area (Å²) in [5.41, 5.74) is 1.44. The van der Waals surface area contributed by atoms with E-state index in [0.717, 1.165) is 10.9 Å². The maximum Gasteiger partial charge on any atom is 0.137 e. The fourth-order valence-electron chi connectivity index (χ4n) is 1.59. The molecular weight excluding hydrogens is 210 g/mol. The lowest BCUT2D eigenvalue weighted by molar-refractivity contribution is 0.461. The van der Waals surface area contributed by atoms with Crippen LogP contribution in [0.4, 0.5) is 0 Å². The molecular formula is C12H12ClNO. The van der Waals surface area contributed by atoms with E-state index in [0.29, 0.717) is 10.7 Å². The minimum absolute atomic E-state index is 0.186. The highest BCUT2D eigenvalue weighted by Crippen LogP contribution is 2.30. The van der Waals surface area contributed by atoms with Crippen molar-refractivity contribution in [1.82, 2.24) is 4.98 Å². The van der Waals surface area contributed by atoms with Crippen molar-refractivity contribution >= 4 is 22.5 Å². The molecule has 1 aromatic carbocycles. The standard InChI is InChI=1S/C12H12ClNO/c1-7(2)11-10(15)6-8-4-3-5-9(13)12(8)14-11/h3-7,15H,1-2H3. The van der Waals surface area contributed by atoms with Gasteiger partial charge in [0.1, 0.15) is 5.75 Å². The fourth-order valence-corrected chi connectivity index (χ4v) is 1.81. The van der Waals surface area contributed by atoms with Crippen LogP contribution in [-0.2, 0) is 0 Å². The minimum atomic E-state index is 0.186. The average Bonchev–Trinajstić information content (AvgIpc) is 2.16. The number of nitrogens with zero attached hydrogens (tertiary/aromatic N) is 1. The first-order valence-electron chi connectivity index (χ1n) is 4.87. The number of hydrogen-bond acceptors (Lipinski definition) is 2. The predicted molar refractivity (Wildman–Crippen MR) is 62.5 cm³/mol. The zero-order valence-corrected chi connectivity index (χ0v) is 9.42. The fraction of sp³-hybridized carbons (Fsp3) is 0.250. The van der Waals surface area contributed by atoms with E-state index in [-0.39, 0.29) is 11.7 Å². The van der Waals surface area contributed by atoms with Gasteiger partial charge in [0.2, 0.25) is 0 Å². The Morgan fingerprint density at radius 2 is 2.07 bits per heavy atom. The second-order valence-electron chi connectivity index (χ2n) is 3.86. The molecule has 0 aliphatic carbocycles. The molecule has 0 bridgehead atoms. The second-order valence-corrected chi connectivity index (χ2v) is 4.27. The molecule has 2 aromatic rings. The molecule has 0 aliphatic rings. The molecule has 0 unspecified atom stereocenters. The molecule has 0 amide bonds. The summed E-state index contributed by atoms with van der Waals surface area (Å²) in [5, 5.41) is 11.2. The Morgan fingerprint density at radius 3 is 2.73 bits per heavy atom. The van der Waals surface area contributed by atoms with E-state index in [1.165, 1.54) is 0 Å². The van der Waals surface area contributed by atoms with Crippen LogP contribution < -0.4 is 0 Å². The molecule has 1 N–H and O–H groups in total. The van der Waals surface area contributed by atoms with Crippen molar-refractivity contribution in [3.8, 4) is 5.75 Å². The van der Waals surface area contributed by atoms with E-state index in [1.807, 2.05) is 26.0 Å². The van der Waals surface area contributed by atoms with Crippen LogP contribution in [0.25, 0.3) is 10.9 Å². The van der Waals surface area contributed by atoms with Crippen LogP contribution in [0.5, 0.6) is 5.75 Å². The molecule has 3 heteroatoms. The third-order valence-electron chi connectivity index (χ3n) is 2.35. The normalized spacial score (nSPS) is 11.2. The maximum atomic E-state index is 9.76. The van der Waals surface area contributed by atoms with Gasteiger partial charge in [0, 0.05) is 5.39 Å². The first-order chi connectivity index (χ1) is 7.09. The van der Waals surface area contributed by atoms with E-state index < -0.39 is 0 Å². The van der Waals surface area contributed by atoms with Crippen LogP contribution in [0.15, 0.2) is 24.3 Å². The van der Waals surface area contributed by atoms with Crippen molar-refractivity contribution < 1.29 is 5.11 Å². The number of rotatable bonds is 1. The van der Waals surface area contributed by atoms with Gasteiger partial charge < -0.3 is 5.11 Å². The highest BCUT2D eigenvalue weighted by atomic mass is 35.5. The van der Waals surface area contributed by atoms with Crippen LogP contribution >= 0.6 is 11.6 Å².